The van der Waals surface area contributed by atoms with Crippen LogP contribution in [0, 0.1) is 0 Å². The van der Waals surface area contributed by atoms with E-state index in [1.807, 2.05) is 0 Å². The van der Waals surface area contributed by atoms with E-state index in [0.717, 1.165) is 0 Å². The number of ether oxygens (including phenoxy) is 2. The van der Waals surface area contributed by atoms with Crippen molar-refractivity contribution in [3.63, 3.8) is 0 Å². The quantitative estimate of drug-likeness (QED) is 0.378. The number of rotatable bonds is 7. The fraction of sp³-hybridized carbons (Fsp3) is 0.688. The van der Waals surface area contributed by atoms with Gasteiger partial charge in [0.05, 0.1) is 30.1 Å². The molecule has 2 heterocycles. The normalized spacial score (nSPS) is 31.7. The third-order valence-corrected chi connectivity index (χ3v) is 4.29. The average molecular weight is 360 g/mol. The summed E-state index contributed by atoms with van der Waals surface area (Å²) < 4.78 is 15.6. The topological polar surface area (TPSA) is 150 Å². The van der Waals surface area contributed by atoms with Gasteiger partial charge in [0.15, 0.2) is 12.1 Å². The maximum absolute atomic E-state index is 12.1. The minimum absolute atomic E-state index is 0.260. The smallest absolute Gasteiger partial charge is 0.187 e. The van der Waals surface area contributed by atoms with Crippen LogP contribution in [-0.4, -0.2) is 80.3 Å². The Kier molecular flexibility index (Phi) is 6.33. The summed E-state index contributed by atoms with van der Waals surface area (Å²) in [6.45, 7) is 2.39. The molecule has 25 heavy (non-hydrogen) atoms. The van der Waals surface area contributed by atoms with Gasteiger partial charge in [-0.25, -0.2) is 0 Å². The summed E-state index contributed by atoms with van der Waals surface area (Å²) in [4.78, 5) is 12.1. The van der Waals surface area contributed by atoms with Crippen molar-refractivity contribution >= 4 is 5.78 Å². The van der Waals surface area contributed by atoms with E-state index in [0.29, 0.717) is 5.56 Å². The van der Waals surface area contributed by atoms with E-state index in [1.165, 1.54) is 32.4 Å². The van der Waals surface area contributed by atoms with Crippen LogP contribution >= 0.6 is 0 Å². The summed E-state index contributed by atoms with van der Waals surface area (Å²) >= 11 is 0. The van der Waals surface area contributed by atoms with Crippen LogP contribution in [0.1, 0.15) is 30.6 Å². The summed E-state index contributed by atoms with van der Waals surface area (Å²) in [5.41, 5.74) is -1.02. The van der Waals surface area contributed by atoms with Gasteiger partial charge in [0.1, 0.15) is 30.7 Å². The van der Waals surface area contributed by atoms with E-state index in [4.69, 9.17) is 13.9 Å². The summed E-state index contributed by atoms with van der Waals surface area (Å²) in [5, 5.41) is 49.0. The number of ketones is 1. The molecule has 1 aliphatic heterocycles. The van der Waals surface area contributed by atoms with Crippen molar-refractivity contribution in [2.45, 2.75) is 62.7 Å². The standard InChI is InChI=1S/C16H24O9/c1-16(2,11(19)5-9(18)8-3-4-23-7-8)25-15-14(22)13(21)12(20)10(6-17)24-15/h3-4,7,10-15,17,19-22H,5-6H2,1-2H3. The zero-order chi connectivity index (χ0) is 18.8. The van der Waals surface area contributed by atoms with Crippen molar-refractivity contribution in [3.8, 4) is 0 Å². The molecule has 2 rings (SSSR count). The first-order valence-electron chi connectivity index (χ1n) is 7.89. The average Bonchev–Trinajstić information content (AvgIpc) is 3.09. The van der Waals surface area contributed by atoms with Crippen molar-refractivity contribution in [3.05, 3.63) is 24.2 Å². The largest absolute Gasteiger partial charge is 0.472 e. The minimum Gasteiger partial charge on any atom is -0.472 e. The van der Waals surface area contributed by atoms with Gasteiger partial charge in [0.25, 0.3) is 0 Å². The molecule has 1 aromatic rings. The number of carbonyl (C=O) groups excluding carboxylic acids is 1. The molecule has 0 saturated carbocycles. The fourth-order valence-corrected chi connectivity index (χ4v) is 2.51. The van der Waals surface area contributed by atoms with E-state index in [9.17, 15) is 30.3 Å². The Morgan fingerprint density at radius 2 is 1.96 bits per heavy atom. The van der Waals surface area contributed by atoms with Crippen molar-refractivity contribution in [2.75, 3.05) is 6.61 Å². The van der Waals surface area contributed by atoms with E-state index in [2.05, 4.69) is 0 Å². The molecule has 1 aromatic heterocycles. The lowest BCUT2D eigenvalue weighted by atomic mass is 9.94. The van der Waals surface area contributed by atoms with Crippen LogP contribution < -0.4 is 0 Å². The second-order valence-electron chi connectivity index (χ2n) is 6.57. The molecule has 0 bridgehead atoms. The highest BCUT2D eigenvalue weighted by Gasteiger charge is 2.47. The van der Waals surface area contributed by atoms with E-state index < -0.39 is 49.0 Å². The number of carbonyl (C=O) groups is 1. The van der Waals surface area contributed by atoms with Crippen LogP contribution in [0.25, 0.3) is 0 Å². The van der Waals surface area contributed by atoms with Gasteiger partial charge in [-0.05, 0) is 19.9 Å². The lowest BCUT2D eigenvalue weighted by Gasteiger charge is -2.43. The molecule has 0 radical (unpaired) electrons. The van der Waals surface area contributed by atoms with Gasteiger partial charge >= 0.3 is 0 Å². The van der Waals surface area contributed by atoms with Crippen LogP contribution in [0.15, 0.2) is 23.0 Å². The van der Waals surface area contributed by atoms with Crippen LogP contribution in [0.2, 0.25) is 0 Å². The van der Waals surface area contributed by atoms with Crippen molar-refractivity contribution in [2.24, 2.45) is 0 Å². The minimum atomic E-state index is -1.59. The monoisotopic (exact) mass is 360 g/mol. The Morgan fingerprint density at radius 3 is 2.52 bits per heavy atom. The number of hydrogen-bond acceptors (Lipinski definition) is 9. The molecule has 9 nitrogen and oxygen atoms in total. The zero-order valence-electron chi connectivity index (χ0n) is 14.0. The molecule has 0 aliphatic carbocycles. The highest BCUT2D eigenvalue weighted by molar-refractivity contribution is 5.96. The second-order valence-corrected chi connectivity index (χ2v) is 6.57. The Balaban J connectivity index is 2.02. The number of hydrogen-bond donors (Lipinski definition) is 5. The van der Waals surface area contributed by atoms with Gasteiger partial charge in [-0.15, -0.1) is 0 Å². The molecule has 1 fully saturated rings. The van der Waals surface area contributed by atoms with Crippen molar-refractivity contribution in [1.82, 2.24) is 0 Å². The molecule has 0 aromatic carbocycles. The lowest BCUT2D eigenvalue weighted by Crippen LogP contribution is -2.61. The third kappa shape index (κ3) is 4.45. The van der Waals surface area contributed by atoms with Gasteiger partial charge in [0.2, 0.25) is 0 Å². The molecule has 1 aliphatic rings. The van der Waals surface area contributed by atoms with Crippen molar-refractivity contribution < 1.29 is 44.2 Å². The molecule has 0 amide bonds. The molecule has 6 unspecified atom stereocenters. The summed E-state index contributed by atoms with van der Waals surface area (Å²) in [5.74, 6) is -0.355. The second kappa shape index (κ2) is 7.92. The van der Waals surface area contributed by atoms with Gasteiger partial charge in [-0.2, -0.15) is 0 Å². The van der Waals surface area contributed by atoms with Gasteiger partial charge in [-0.3, -0.25) is 4.79 Å². The van der Waals surface area contributed by atoms with E-state index in [-0.39, 0.29) is 12.2 Å². The van der Waals surface area contributed by atoms with Crippen LogP contribution in [0.5, 0.6) is 0 Å². The maximum atomic E-state index is 12.1. The third-order valence-electron chi connectivity index (χ3n) is 4.29. The Labute approximate surface area is 144 Å². The predicted molar refractivity (Wildman–Crippen MR) is 82.6 cm³/mol. The molecular formula is C16H24O9. The van der Waals surface area contributed by atoms with E-state index in [1.54, 1.807) is 0 Å². The summed E-state index contributed by atoms with van der Waals surface area (Å²) in [7, 11) is 0. The van der Waals surface area contributed by atoms with Crippen LogP contribution in [0.3, 0.4) is 0 Å². The zero-order valence-corrected chi connectivity index (χ0v) is 14.0. The highest BCUT2D eigenvalue weighted by atomic mass is 16.7. The fourth-order valence-electron chi connectivity index (χ4n) is 2.51. The molecule has 5 N–H and O–H groups in total. The van der Waals surface area contributed by atoms with E-state index >= 15 is 0 Å². The molecule has 1 saturated heterocycles. The first-order chi connectivity index (χ1) is 11.7. The summed E-state index contributed by atoms with van der Waals surface area (Å²) in [6, 6.07) is 1.47. The number of aliphatic hydroxyl groups excluding tert-OH is 5. The maximum Gasteiger partial charge on any atom is 0.187 e. The van der Waals surface area contributed by atoms with Gasteiger partial charge < -0.3 is 39.4 Å². The van der Waals surface area contributed by atoms with Crippen LogP contribution in [0.4, 0.5) is 0 Å². The SMILES string of the molecule is CC(C)(OC1OC(CO)C(O)C(O)C1O)C(O)CC(=O)c1ccoc1. The Bertz CT molecular complexity index is 554. The predicted octanol–water partition coefficient (Wildman–Crippen LogP) is -1.19. The number of Topliss-reactive ketones (excluding diaryl/α,β-unsaturated/α-hetero) is 1. The van der Waals surface area contributed by atoms with Crippen molar-refractivity contribution in [1.29, 1.82) is 0 Å². The van der Waals surface area contributed by atoms with Gasteiger partial charge in [-0.1, -0.05) is 0 Å². The molecule has 6 atom stereocenters. The number of aliphatic hydroxyl groups is 5. The highest BCUT2D eigenvalue weighted by Crippen LogP contribution is 2.28. The Hall–Kier alpha value is -1.33. The number of furan rings is 1. The molecule has 0 spiro atoms. The first kappa shape index (κ1) is 20.0. The van der Waals surface area contributed by atoms with Crippen LogP contribution in [-0.2, 0) is 9.47 Å². The molecular weight excluding hydrogens is 336 g/mol. The van der Waals surface area contributed by atoms with Gasteiger partial charge in [0, 0.05) is 6.42 Å². The summed E-state index contributed by atoms with van der Waals surface area (Å²) in [6.07, 6.45) is -6.10. The molecule has 9 heteroatoms. The Morgan fingerprint density at radius 1 is 1.28 bits per heavy atom. The molecule has 142 valence electrons. The first-order valence-corrected chi connectivity index (χ1v) is 7.89. The lowest BCUT2D eigenvalue weighted by molar-refractivity contribution is -0.331.